The minimum absolute atomic E-state index is 0.0219. The summed E-state index contributed by atoms with van der Waals surface area (Å²) in [5.74, 6) is 0.257. The molecule has 3 heterocycles. The average molecular weight is 489 g/mol. The smallest absolute Gasteiger partial charge is 0.469 e. The molecule has 34 heavy (non-hydrogen) atoms. The van der Waals surface area contributed by atoms with E-state index in [-0.39, 0.29) is 12.4 Å². The van der Waals surface area contributed by atoms with Crippen LogP contribution >= 0.6 is 0 Å². The Hall–Kier alpha value is -3.25. The molecule has 1 unspecified atom stereocenters. The number of amides is 1. The van der Waals surface area contributed by atoms with Crippen molar-refractivity contribution in [2.24, 2.45) is 5.73 Å². The summed E-state index contributed by atoms with van der Waals surface area (Å²) in [6.07, 6.45) is -1.31. The minimum Gasteiger partial charge on any atom is -0.469 e. The number of allylic oxidation sites excluding steroid dienone is 2. The van der Waals surface area contributed by atoms with Gasteiger partial charge in [-0.15, -0.1) is 13.2 Å². The lowest BCUT2D eigenvalue weighted by atomic mass is 10.0. The van der Waals surface area contributed by atoms with Gasteiger partial charge < -0.3 is 15.8 Å². The Labute approximate surface area is 190 Å². The lowest BCUT2D eigenvalue weighted by Gasteiger charge is -2.14. The van der Waals surface area contributed by atoms with Gasteiger partial charge in [-0.3, -0.25) is 9.78 Å². The molecule has 1 amide bonds. The van der Waals surface area contributed by atoms with Crippen LogP contribution in [0, 0.1) is 0 Å². The highest BCUT2D eigenvalue weighted by Gasteiger charge is 2.47. The van der Waals surface area contributed by atoms with E-state index in [1.54, 1.807) is 0 Å². The molecule has 1 aliphatic heterocycles. The largest absolute Gasteiger partial charge is 0.505 e. The molecule has 5 rings (SSSR count). The molecular formula is C21H21F6N5O2. The molecule has 1 saturated carbocycles. The first-order chi connectivity index (χ1) is 15.9. The normalized spacial score (nSPS) is 20.1. The second kappa shape index (κ2) is 8.84. The van der Waals surface area contributed by atoms with E-state index in [1.807, 2.05) is 6.20 Å². The molecule has 7 nitrogen and oxygen atoms in total. The molecule has 184 valence electrons. The van der Waals surface area contributed by atoms with Crippen molar-refractivity contribution in [1.29, 1.82) is 0 Å². The van der Waals surface area contributed by atoms with Crippen molar-refractivity contribution < 1.29 is 35.9 Å². The van der Waals surface area contributed by atoms with Crippen molar-refractivity contribution in [3.8, 4) is 0 Å². The number of ether oxygens (including phenoxy) is 1. The number of carbonyl (C=O) groups excluding carboxylic acids is 1. The first kappa shape index (κ1) is 23.9. The number of primary amides is 1. The van der Waals surface area contributed by atoms with E-state index in [0.717, 1.165) is 12.8 Å². The molecule has 0 spiro atoms. The number of hydrogen-bond acceptors (Lipinski definition) is 5. The fraction of sp³-hybridized carbons (Fsp3) is 0.476. The molecule has 0 radical (unpaired) electrons. The summed E-state index contributed by atoms with van der Waals surface area (Å²) >= 11 is 0. The van der Waals surface area contributed by atoms with E-state index in [2.05, 4.69) is 33.3 Å². The lowest BCUT2D eigenvalue weighted by molar-refractivity contribution is -0.229. The molecule has 1 atom stereocenters. The number of aromatic nitrogens is 3. The van der Waals surface area contributed by atoms with Crippen LogP contribution in [0.15, 0.2) is 36.0 Å². The zero-order valence-corrected chi connectivity index (χ0v) is 17.7. The fourth-order valence-electron chi connectivity index (χ4n) is 3.87. The summed E-state index contributed by atoms with van der Waals surface area (Å²) in [5, 5.41) is 5.97. The molecule has 2 aliphatic carbocycles. The lowest BCUT2D eigenvalue weighted by Crippen LogP contribution is -2.27. The fourth-order valence-corrected chi connectivity index (χ4v) is 3.87. The maximum atomic E-state index is 12.3. The number of alkyl halides is 6. The zero-order chi connectivity index (χ0) is 24.7. The molecule has 3 N–H and O–H groups in total. The molecule has 1 fully saturated rings. The van der Waals surface area contributed by atoms with Gasteiger partial charge in [-0.05, 0) is 44.2 Å². The van der Waals surface area contributed by atoms with E-state index in [4.69, 9.17) is 4.74 Å². The molecule has 13 heteroatoms. The van der Waals surface area contributed by atoms with E-state index in [1.165, 1.54) is 48.4 Å². The van der Waals surface area contributed by atoms with Gasteiger partial charge in [0.15, 0.2) is 11.9 Å². The summed E-state index contributed by atoms with van der Waals surface area (Å²) in [5.41, 5.74) is 4.74. The first-order valence-corrected chi connectivity index (χ1v) is 10.6. The van der Waals surface area contributed by atoms with E-state index >= 15 is 0 Å². The molecule has 0 bridgehead atoms. The molecule has 2 aromatic rings. The van der Waals surface area contributed by atoms with Crippen LogP contribution < -0.4 is 11.1 Å². The Morgan fingerprint density at radius 2 is 1.85 bits per heavy atom. The van der Waals surface area contributed by atoms with Crippen LogP contribution in [0.1, 0.15) is 78.0 Å². The number of pyridine rings is 1. The highest BCUT2D eigenvalue weighted by molar-refractivity contribution is 5.93. The van der Waals surface area contributed by atoms with Gasteiger partial charge in [0.1, 0.15) is 5.76 Å². The van der Waals surface area contributed by atoms with Gasteiger partial charge >= 0.3 is 12.5 Å². The topological polar surface area (TPSA) is 95.1 Å². The van der Waals surface area contributed by atoms with Crippen LogP contribution in [0.5, 0.6) is 0 Å². The van der Waals surface area contributed by atoms with Gasteiger partial charge in [-0.25, -0.2) is 0 Å². The van der Waals surface area contributed by atoms with Crippen LogP contribution in [0.25, 0.3) is 0 Å². The monoisotopic (exact) mass is 489 g/mol. The van der Waals surface area contributed by atoms with Crippen LogP contribution in [0.4, 0.5) is 26.3 Å². The zero-order valence-electron chi connectivity index (χ0n) is 17.7. The van der Waals surface area contributed by atoms with Crippen molar-refractivity contribution in [3.63, 3.8) is 0 Å². The molecule has 0 aromatic carbocycles. The number of carbonyl (C=O) groups is 1. The molecule has 3 aliphatic rings. The van der Waals surface area contributed by atoms with Gasteiger partial charge in [-0.1, -0.05) is 0 Å². The Morgan fingerprint density at radius 3 is 2.44 bits per heavy atom. The summed E-state index contributed by atoms with van der Waals surface area (Å²) in [6, 6.07) is 4.29. The van der Waals surface area contributed by atoms with Gasteiger partial charge in [0.05, 0.1) is 17.5 Å². The van der Waals surface area contributed by atoms with Gasteiger partial charge in [0.25, 0.3) is 5.91 Å². The van der Waals surface area contributed by atoms with Crippen LogP contribution in [0.2, 0.25) is 0 Å². The standard InChI is InChI=1S/C15H18N2O.C6H3F6N3O/c1-2-4-14-12(3-1)17-15(18-14)11-7-8-16-13(9-11)10-5-6-10;7-5(8,9)3-2(4(13)16)1-14-15(3)6(10,11)12/h7-10,15,17H,1-6H2;1H,(H2,13,16). The van der Waals surface area contributed by atoms with E-state index in [0.29, 0.717) is 5.92 Å². The second-order valence-corrected chi connectivity index (χ2v) is 8.19. The average Bonchev–Trinajstić information content (AvgIpc) is 3.33. The molecule has 0 saturated heterocycles. The number of hydrogen-bond donors (Lipinski definition) is 2. The number of nitrogens with zero attached hydrogens (tertiary/aromatic N) is 3. The number of nitrogens with two attached hydrogens (primary N) is 1. The summed E-state index contributed by atoms with van der Waals surface area (Å²) in [6.45, 7) is 0. The third kappa shape index (κ3) is 5.12. The van der Waals surface area contributed by atoms with E-state index in [9.17, 15) is 31.1 Å². The summed E-state index contributed by atoms with van der Waals surface area (Å²) in [4.78, 5) is 15.0. The SMILES string of the molecule is NC(=O)c1cnn(C(F)(F)F)c1C(F)(F)F.c1cc(C2NC3=C(CCCC3)O2)cc(C2CC2)n1. The van der Waals surface area contributed by atoms with Crippen molar-refractivity contribution in [2.75, 3.05) is 0 Å². The number of rotatable bonds is 3. The maximum Gasteiger partial charge on any atom is 0.505 e. The van der Waals surface area contributed by atoms with Crippen molar-refractivity contribution in [3.05, 3.63) is 58.5 Å². The van der Waals surface area contributed by atoms with Crippen LogP contribution in [-0.2, 0) is 17.2 Å². The Morgan fingerprint density at radius 1 is 1.15 bits per heavy atom. The summed E-state index contributed by atoms with van der Waals surface area (Å²) < 4.78 is 77.9. The maximum absolute atomic E-state index is 12.3. The van der Waals surface area contributed by atoms with Gasteiger partial charge in [0, 0.05) is 29.8 Å². The Kier molecular flexibility index (Phi) is 6.21. The van der Waals surface area contributed by atoms with E-state index < -0.39 is 34.3 Å². The predicted octanol–water partition coefficient (Wildman–Crippen LogP) is 4.84. The van der Waals surface area contributed by atoms with Crippen molar-refractivity contribution in [2.45, 2.75) is 63.1 Å². The van der Waals surface area contributed by atoms with Crippen LogP contribution in [0.3, 0.4) is 0 Å². The third-order valence-electron chi connectivity index (χ3n) is 5.63. The quantitative estimate of drug-likeness (QED) is 0.602. The highest BCUT2D eigenvalue weighted by Crippen LogP contribution is 2.41. The summed E-state index contributed by atoms with van der Waals surface area (Å²) in [7, 11) is 0. The van der Waals surface area contributed by atoms with Crippen molar-refractivity contribution in [1.82, 2.24) is 20.1 Å². The van der Waals surface area contributed by atoms with Gasteiger partial charge in [-0.2, -0.15) is 23.0 Å². The Balaban J connectivity index is 0.000000163. The molecular weight excluding hydrogens is 468 g/mol. The van der Waals surface area contributed by atoms with Crippen LogP contribution in [-0.4, -0.2) is 20.7 Å². The third-order valence-corrected chi connectivity index (χ3v) is 5.63. The second-order valence-electron chi connectivity index (χ2n) is 8.19. The van der Waals surface area contributed by atoms with Gasteiger partial charge in [0.2, 0.25) is 0 Å². The van der Waals surface area contributed by atoms with Crippen molar-refractivity contribution >= 4 is 5.91 Å². The molecule has 2 aromatic heterocycles. The number of nitrogens with one attached hydrogen (secondary N) is 1. The first-order valence-electron chi connectivity index (χ1n) is 10.6. The Bertz CT molecular complexity index is 1090. The highest BCUT2D eigenvalue weighted by atomic mass is 19.4. The predicted molar refractivity (Wildman–Crippen MR) is 106 cm³/mol. The number of halogens is 6. The minimum atomic E-state index is -5.38.